The molecule has 0 amide bonds. The van der Waals surface area contributed by atoms with Gasteiger partial charge >= 0.3 is 0 Å². The van der Waals surface area contributed by atoms with E-state index in [1.807, 2.05) is 18.3 Å². The highest BCUT2D eigenvalue weighted by Gasteiger charge is 2.35. The van der Waals surface area contributed by atoms with Gasteiger partial charge in [-0.2, -0.15) is 0 Å². The largest absolute Gasteiger partial charge is 0.508 e. The fourth-order valence-corrected chi connectivity index (χ4v) is 3.23. The minimum absolute atomic E-state index is 0.0784. The van der Waals surface area contributed by atoms with Crippen LogP contribution in [-0.2, 0) is 5.41 Å². The highest BCUT2D eigenvalue weighted by Crippen LogP contribution is 2.43. The molecule has 0 bridgehead atoms. The van der Waals surface area contributed by atoms with Gasteiger partial charge in [0.05, 0.1) is 5.52 Å². The van der Waals surface area contributed by atoms with Crippen LogP contribution in [0.2, 0.25) is 0 Å². The van der Waals surface area contributed by atoms with Gasteiger partial charge in [-0.3, -0.25) is 4.98 Å². The second kappa shape index (κ2) is 4.25. The smallest absolute Gasteiger partial charge is 0.116 e. The fraction of sp³-hybridized carbons (Fsp3) is 0.400. The van der Waals surface area contributed by atoms with E-state index in [-0.39, 0.29) is 5.41 Å². The fourth-order valence-electron chi connectivity index (χ4n) is 3.23. The third-order valence-corrected chi connectivity index (χ3v) is 4.25. The molecule has 1 heterocycles. The first-order valence-corrected chi connectivity index (χ1v) is 6.53. The second-order valence-electron chi connectivity index (χ2n) is 5.25. The van der Waals surface area contributed by atoms with Gasteiger partial charge in [-0.1, -0.05) is 12.8 Å². The van der Waals surface area contributed by atoms with Gasteiger partial charge in [-0.05, 0) is 42.7 Å². The molecule has 0 atom stereocenters. The predicted molar refractivity (Wildman–Crippen MR) is 72.6 cm³/mol. The van der Waals surface area contributed by atoms with Gasteiger partial charge in [0.1, 0.15) is 5.75 Å². The average Bonchev–Trinajstić information content (AvgIpc) is 2.88. The number of hydrogen-bond donors (Lipinski definition) is 2. The number of nitrogens with zero attached hydrogens (tertiary/aromatic N) is 1. The van der Waals surface area contributed by atoms with Gasteiger partial charge in [0.2, 0.25) is 0 Å². The first kappa shape index (κ1) is 11.5. The van der Waals surface area contributed by atoms with Crippen molar-refractivity contribution in [3.63, 3.8) is 0 Å². The van der Waals surface area contributed by atoms with Crippen LogP contribution in [0.25, 0.3) is 10.9 Å². The lowest BCUT2D eigenvalue weighted by Crippen LogP contribution is -2.32. The number of phenols is 1. The van der Waals surface area contributed by atoms with E-state index < -0.39 is 0 Å². The van der Waals surface area contributed by atoms with Gasteiger partial charge < -0.3 is 10.8 Å². The molecule has 18 heavy (non-hydrogen) atoms. The minimum atomic E-state index is 0.0784. The monoisotopic (exact) mass is 242 g/mol. The Morgan fingerprint density at radius 3 is 2.72 bits per heavy atom. The van der Waals surface area contributed by atoms with Crippen molar-refractivity contribution in [2.24, 2.45) is 5.73 Å². The molecule has 0 spiro atoms. The number of aromatic nitrogens is 1. The zero-order chi connectivity index (χ0) is 12.6. The Hall–Kier alpha value is -1.61. The predicted octanol–water partition coefficient (Wildman–Crippen LogP) is 2.71. The molecule has 0 radical (unpaired) electrons. The van der Waals surface area contributed by atoms with Crippen molar-refractivity contribution in [1.82, 2.24) is 4.98 Å². The van der Waals surface area contributed by atoms with Crippen LogP contribution in [0.4, 0.5) is 0 Å². The third-order valence-electron chi connectivity index (χ3n) is 4.25. The van der Waals surface area contributed by atoms with E-state index in [2.05, 4.69) is 11.1 Å². The van der Waals surface area contributed by atoms with Crippen molar-refractivity contribution in [2.45, 2.75) is 31.1 Å². The quantitative estimate of drug-likeness (QED) is 0.851. The van der Waals surface area contributed by atoms with Crippen LogP contribution in [0.1, 0.15) is 31.2 Å². The number of rotatable bonds is 2. The zero-order valence-electron chi connectivity index (χ0n) is 10.4. The summed E-state index contributed by atoms with van der Waals surface area (Å²) in [7, 11) is 0. The van der Waals surface area contributed by atoms with Crippen molar-refractivity contribution in [3.8, 4) is 5.75 Å². The minimum Gasteiger partial charge on any atom is -0.508 e. The number of pyridine rings is 1. The maximum Gasteiger partial charge on any atom is 0.116 e. The third kappa shape index (κ3) is 1.66. The molecule has 3 rings (SSSR count). The van der Waals surface area contributed by atoms with Crippen molar-refractivity contribution in [3.05, 3.63) is 36.0 Å². The highest BCUT2D eigenvalue weighted by atomic mass is 16.3. The molecule has 1 aromatic carbocycles. The Balaban J connectivity index is 2.24. The van der Waals surface area contributed by atoms with Crippen LogP contribution < -0.4 is 5.73 Å². The molecular formula is C15H18N2O. The molecule has 3 heteroatoms. The lowest BCUT2D eigenvalue weighted by Gasteiger charge is -2.29. The van der Waals surface area contributed by atoms with Gasteiger partial charge in [-0.15, -0.1) is 0 Å². The molecule has 3 nitrogen and oxygen atoms in total. The summed E-state index contributed by atoms with van der Waals surface area (Å²) >= 11 is 0. The molecule has 2 aromatic rings. The van der Waals surface area contributed by atoms with Crippen LogP contribution in [0, 0.1) is 0 Å². The number of hydrogen-bond acceptors (Lipinski definition) is 3. The number of aromatic hydroxyl groups is 1. The summed E-state index contributed by atoms with van der Waals surface area (Å²) in [5.74, 6) is 0.293. The first-order chi connectivity index (χ1) is 8.75. The number of nitrogens with two attached hydrogens (primary N) is 1. The lowest BCUT2D eigenvalue weighted by molar-refractivity contribution is 0.455. The molecule has 3 N–H and O–H groups in total. The summed E-state index contributed by atoms with van der Waals surface area (Å²) in [4.78, 5) is 4.37. The van der Waals surface area contributed by atoms with Gasteiger partial charge in [0, 0.05) is 23.5 Å². The van der Waals surface area contributed by atoms with Gasteiger partial charge in [0.15, 0.2) is 0 Å². The van der Waals surface area contributed by atoms with Crippen LogP contribution >= 0.6 is 0 Å². The van der Waals surface area contributed by atoms with E-state index in [0.29, 0.717) is 12.3 Å². The Labute approximate surface area is 107 Å². The number of benzene rings is 1. The molecule has 1 fully saturated rings. The Kier molecular flexibility index (Phi) is 2.71. The summed E-state index contributed by atoms with van der Waals surface area (Å²) in [5.41, 5.74) is 8.31. The van der Waals surface area contributed by atoms with Crippen molar-refractivity contribution < 1.29 is 5.11 Å². The second-order valence-corrected chi connectivity index (χ2v) is 5.25. The topological polar surface area (TPSA) is 59.1 Å². The zero-order valence-corrected chi connectivity index (χ0v) is 10.4. The molecule has 1 saturated carbocycles. The van der Waals surface area contributed by atoms with E-state index in [9.17, 15) is 5.11 Å². The maximum absolute atomic E-state index is 9.70. The van der Waals surface area contributed by atoms with E-state index >= 15 is 0 Å². The number of phenolic OH excluding ortho intramolecular Hbond substituents is 1. The molecule has 1 aliphatic rings. The molecular weight excluding hydrogens is 224 g/mol. The summed E-state index contributed by atoms with van der Waals surface area (Å²) in [6, 6.07) is 7.43. The van der Waals surface area contributed by atoms with Gasteiger partial charge in [-0.25, -0.2) is 0 Å². The van der Waals surface area contributed by atoms with Crippen molar-refractivity contribution in [2.75, 3.05) is 6.54 Å². The summed E-state index contributed by atoms with van der Waals surface area (Å²) < 4.78 is 0. The van der Waals surface area contributed by atoms with Crippen LogP contribution in [0.3, 0.4) is 0 Å². The Morgan fingerprint density at radius 2 is 2.00 bits per heavy atom. The van der Waals surface area contributed by atoms with E-state index in [1.54, 1.807) is 6.07 Å². The molecule has 94 valence electrons. The normalized spacial score (nSPS) is 18.3. The average molecular weight is 242 g/mol. The SMILES string of the molecule is NCC1(c2ccnc3ccc(O)cc23)CCCC1. The molecule has 1 aliphatic carbocycles. The first-order valence-electron chi connectivity index (χ1n) is 6.53. The van der Waals surface area contributed by atoms with E-state index in [4.69, 9.17) is 5.73 Å². The maximum atomic E-state index is 9.70. The summed E-state index contributed by atoms with van der Waals surface area (Å²) in [6.07, 6.45) is 6.60. The van der Waals surface area contributed by atoms with Crippen LogP contribution in [0.5, 0.6) is 5.75 Å². The standard InChI is InChI=1S/C15H18N2O/c16-10-15(6-1-2-7-15)13-5-8-17-14-4-3-11(18)9-12(13)14/h3-5,8-9,18H,1-2,6-7,10,16H2. The van der Waals surface area contributed by atoms with Crippen LogP contribution in [-0.4, -0.2) is 16.6 Å². The van der Waals surface area contributed by atoms with Crippen molar-refractivity contribution >= 4 is 10.9 Å². The van der Waals surface area contributed by atoms with Crippen LogP contribution in [0.15, 0.2) is 30.5 Å². The highest BCUT2D eigenvalue weighted by molar-refractivity contribution is 5.84. The lowest BCUT2D eigenvalue weighted by atomic mass is 9.77. The Morgan fingerprint density at radius 1 is 1.22 bits per heavy atom. The van der Waals surface area contributed by atoms with E-state index in [0.717, 1.165) is 23.7 Å². The van der Waals surface area contributed by atoms with E-state index in [1.165, 1.54) is 18.4 Å². The molecule has 0 saturated heterocycles. The number of fused-ring (bicyclic) bond motifs is 1. The molecule has 0 unspecified atom stereocenters. The summed E-state index contributed by atoms with van der Waals surface area (Å²) in [6.45, 7) is 0.668. The Bertz CT molecular complexity index is 574. The molecule has 0 aliphatic heterocycles. The summed E-state index contributed by atoms with van der Waals surface area (Å²) in [5, 5.41) is 10.7. The molecule has 1 aromatic heterocycles. The van der Waals surface area contributed by atoms with Gasteiger partial charge in [0.25, 0.3) is 0 Å². The van der Waals surface area contributed by atoms with Crippen molar-refractivity contribution in [1.29, 1.82) is 0 Å².